The van der Waals surface area contributed by atoms with Gasteiger partial charge in [-0.2, -0.15) is 5.10 Å². The van der Waals surface area contributed by atoms with E-state index in [0.29, 0.717) is 12.1 Å². The second kappa shape index (κ2) is 5.88. The number of carbonyl (C=O) groups is 1. The second-order valence-electron chi connectivity index (χ2n) is 4.91. The molecule has 20 heavy (non-hydrogen) atoms. The number of aromatic amines is 1. The summed E-state index contributed by atoms with van der Waals surface area (Å²) in [6.45, 7) is 1.38. The molecule has 0 saturated carbocycles. The summed E-state index contributed by atoms with van der Waals surface area (Å²) in [6.07, 6.45) is 5.81. The van der Waals surface area contributed by atoms with E-state index in [4.69, 9.17) is 4.74 Å². The lowest BCUT2D eigenvalue weighted by Gasteiger charge is -2.11. The highest BCUT2D eigenvalue weighted by Crippen LogP contribution is 2.19. The third-order valence-corrected chi connectivity index (χ3v) is 3.47. The first kappa shape index (κ1) is 12.9. The van der Waals surface area contributed by atoms with Crippen LogP contribution in [0.4, 0.5) is 0 Å². The van der Waals surface area contributed by atoms with E-state index in [1.807, 2.05) is 30.5 Å². The molecule has 2 aromatic rings. The van der Waals surface area contributed by atoms with Crippen LogP contribution in [0.25, 0.3) is 11.1 Å². The van der Waals surface area contributed by atoms with Gasteiger partial charge in [-0.3, -0.25) is 9.89 Å². The molecule has 1 aliphatic rings. The molecule has 104 valence electrons. The highest BCUT2D eigenvalue weighted by atomic mass is 16.5. The predicted octanol–water partition coefficient (Wildman–Crippen LogP) is 1.99. The fourth-order valence-corrected chi connectivity index (χ4v) is 2.36. The van der Waals surface area contributed by atoms with Crippen LogP contribution in [0.15, 0.2) is 36.7 Å². The topological polar surface area (TPSA) is 67.0 Å². The van der Waals surface area contributed by atoms with Gasteiger partial charge in [0.15, 0.2) is 0 Å². The smallest absolute Gasteiger partial charge is 0.251 e. The number of benzene rings is 1. The Morgan fingerprint density at radius 1 is 1.45 bits per heavy atom. The highest BCUT2D eigenvalue weighted by molar-refractivity contribution is 5.95. The average Bonchev–Trinajstić information content (AvgIpc) is 3.18. The Morgan fingerprint density at radius 3 is 3.15 bits per heavy atom. The van der Waals surface area contributed by atoms with Gasteiger partial charge in [0, 0.05) is 30.5 Å². The Balaban J connectivity index is 1.66. The number of aromatic nitrogens is 2. The monoisotopic (exact) mass is 271 g/mol. The van der Waals surface area contributed by atoms with E-state index in [-0.39, 0.29) is 12.0 Å². The van der Waals surface area contributed by atoms with Crippen molar-refractivity contribution in [2.75, 3.05) is 13.2 Å². The lowest BCUT2D eigenvalue weighted by molar-refractivity contribution is 0.0858. The van der Waals surface area contributed by atoms with Gasteiger partial charge >= 0.3 is 0 Å². The van der Waals surface area contributed by atoms with Gasteiger partial charge in [-0.05, 0) is 30.5 Å². The van der Waals surface area contributed by atoms with Gasteiger partial charge in [0.1, 0.15) is 0 Å². The molecule has 1 amide bonds. The molecule has 2 N–H and O–H groups in total. The van der Waals surface area contributed by atoms with Crippen LogP contribution in [-0.4, -0.2) is 35.4 Å². The summed E-state index contributed by atoms with van der Waals surface area (Å²) in [7, 11) is 0. The summed E-state index contributed by atoms with van der Waals surface area (Å²) >= 11 is 0. The van der Waals surface area contributed by atoms with Crippen LogP contribution in [-0.2, 0) is 4.74 Å². The van der Waals surface area contributed by atoms with Gasteiger partial charge in [0.25, 0.3) is 5.91 Å². The maximum atomic E-state index is 12.1. The minimum atomic E-state index is -0.0640. The number of rotatable bonds is 4. The van der Waals surface area contributed by atoms with Gasteiger partial charge in [-0.25, -0.2) is 0 Å². The molecule has 0 radical (unpaired) electrons. The fraction of sp³-hybridized carbons (Fsp3) is 0.333. The summed E-state index contributed by atoms with van der Waals surface area (Å²) in [4.78, 5) is 12.1. The van der Waals surface area contributed by atoms with Crippen molar-refractivity contribution in [1.29, 1.82) is 0 Å². The maximum Gasteiger partial charge on any atom is 0.251 e. The van der Waals surface area contributed by atoms with E-state index < -0.39 is 0 Å². The van der Waals surface area contributed by atoms with Crippen molar-refractivity contribution >= 4 is 5.91 Å². The molecule has 0 spiro atoms. The van der Waals surface area contributed by atoms with Crippen LogP contribution in [0, 0.1) is 0 Å². The van der Waals surface area contributed by atoms with Crippen molar-refractivity contribution in [2.24, 2.45) is 0 Å². The molecule has 1 atom stereocenters. The number of hydrogen-bond donors (Lipinski definition) is 2. The predicted molar refractivity (Wildman–Crippen MR) is 75.3 cm³/mol. The zero-order valence-corrected chi connectivity index (χ0v) is 11.1. The molecule has 5 nitrogen and oxygen atoms in total. The molecule has 1 unspecified atom stereocenters. The van der Waals surface area contributed by atoms with Gasteiger partial charge < -0.3 is 10.1 Å². The van der Waals surface area contributed by atoms with Crippen molar-refractivity contribution in [3.63, 3.8) is 0 Å². The summed E-state index contributed by atoms with van der Waals surface area (Å²) < 4.78 is 5.49. The van der Waals surface area contributed by atoms with E-state index >= 15 is 0 Å². The number of H-pyrrole nitrogens is 1. The SMILES string of the molecule is O=C(NCC1CCCO1)c1cccc(-c2cn[nH]c2)c1. The fourth-order valence-electron chi connectivity index (χ4n) is 2.36. The molecule has 0 bridgehead atoms. The lowest BCUT2D eigenvalue weighted by Crippen LogP contribution is -2.31. The standard InChI is InChI=1S/C15H17N3O2/c19-15(16-10-14-5-2-6-20-14)12-4-1-3-11(7-12)13-8-17-18-9-13/h1,3-4,7-9,14H,2,5-6,10H2,(H,16,19)(H,17,18). The third-order valence-electron chi connectivity index (χ3n) is 3.47. The summed E-state index contributed by atoms with van der Waals surface area (Å²) in [6, 6.07) is 7.52. The van der Waals surface area contributed by atoms with E-state index in [9.17, 15) is 4.79 Å². The number of nitrogens with zero attached hydrogens (tertiary/aromatic N) is 1. The Labute approximate surface area is 117 Å². The minimum absolute atomic E-state index is 0.0640. The molecule has 1 aromatic heterocycles. The molecule has 1 saturated heterocycles. The minimum Gasteiger partial charge on any atom is -0.376 e. The van der Waals surface area contributed by atoms with Crippen LogP contribution >= 0.6 is 0 Å². The number of carbonyl (C=O) groups excluding carboxylic acids is 1. The van der Waals surface area contributed by atoms with Crippen molar-refractivity contribution in [3.8, 4) is 11.1 Å². The first-order chi connectivity index (χ1) is 9.83. The van der Waals surface area contributed by atoms with E-state index in [0.717, 1.165) is 30.6 Å². The second-order valence-corrected chi connectivity index (χ2v) is 4.91. The van der Waals surface area contributed by atoms with Crippen molar-refractivity contribution in [1.82, 2.24) is 15.5 Å². The van der Waals surface area contributed by atoms with Gasteiger partial charge in [-0.15, -0.1) is 0 Å². The first-order valence-electron chi connectivity index (χ1n) is 6.82. The van der Waals surface area contributed by atoms with E-state index in [1.165, 1.54) is 0 Å². The Kier molecular flexibility index (Phi) is 3.78. The lowest BCUT2D eigenvalue weighted by atomic mass is 10.1. The molecule has 2 heterocycles. The number of amides is 1. The molecule has 1 aromatic carbocycles. The molecule has 3 rings (SSSR count). The first-order valence-corrected chi connectivity index (χ1v) is 6.82. The van der Waals surface area contributed by atoms with Crippen LogP contribution in [0.3, 0.4) is 0 Å². The number of ether oxygens (including phenoxy) is 1. The zero-order valence-electron chi connectivity index (χ0n) is 11.1. The Morgan fingerprint density at radius 2 is 2.40 bits per heavy atom. The third kappa shape index (κ3) is 2.88. The molecular weight excluding hydrogens is 254 g/mol. The molecular formula is C15H17N3O2. The normalized spacial score (nSPS) is 18.1. The summed E-state index contributed by atoms with van der Waals surface area (Å²) in [5.74, 6) is -0.0640. The largest absolute Gasteiger partial charge is 0.376 e. The zero-order chi connectivity index (χ0) is 13.8. The Bertz CT molecular complexity index is 575. The van der Waals surface area contributed by atoms with Gasteiger partial charge in [0.05, 0.1) is 12.3 Å². The summed E-state index contributed by atoms with van der Waals surface area (Å²) in [5.41, 5.74) is 2.60. The van der Waals surface area contributed by atoms with Crippen LogP contribution in [0.5, 0.6) is 0 Å². The van der Waals surface area contributed by atoms with Gasteiger partial charge in [-0.1, -0.05) is 12.1 Å². The van der Waals surface area contributed by atoms with E-state index in [1.54, 1.807) is 6.20 Å². The number of nitrogens with one attached hydrogen (secondary N) is 2. The van der Waals surface area contributed by atoms with Crippen LogP contribution in [0.1, 0.15) is 23.2 Å². The molecule has 1 aliphatic heterocycles. The Hall–Kier alpha value is -2.14. The maximum absolute atomic E-state index is 12.1. The van der Waals surface area contributed by atoms with Crippen molar-refractivity contribution in [3.05, 3.63) is 42.2 Å². The van der Waals surface area contributed by atoms with E-state index in [2.05, 4.69) is 15.5 Å². The van der Waals surface area contributed by atoms with Crippen LogP contribution in [0.2, 0.25) is 0 Å². The van der Waals surface area contributed by atoms with Gasteiger partial charge in [0.2, 0.25) is 0 Å². The average molecular weight is 271 g/mol. The molecule has 5 heteroatoms. The highest BCUT2D eigenvalue weighted by Gasteiger charge is 2.16. The van der Waals surface area contributed by atoms with Crippen LogP contribution < -0.4 is 5.32 Å². The molecule has 0 aliphatic carbocycles. The molecule has 1 fully saturated rings. The van der Waals surface area contributed by atoms with Crippen molar-refractivity contribution in [2.45, 2.75) is 18.9 Å². The van der Waals surface area contributed by atoms with Crippen molar-refractivity contribution < 1.29 is 9.53 Å². The quantitative estimate of drug-likeness (QED) is 0.893. The summed E-state index contributed by atoms with van der Waals surface area (Å²) in [5, 5.41) is 9.62. The number of hydrogen-bond acceptors (Lipinski definition) is 3.